The van der Waals surface area contributed by atoms with E-state index >= 15 is 0 Å². The number of rotatable bonds is 57. The summed E-state index contributed by atoms with van der Waals surface area (Å²) >= 11 is 0. The summed E-state index contributed by atoms with van der Waals surface area (Å²) in [5, 5.41) is 65.8. The predicted octanol–water partition coefficient (Wildman–Crippen LogP) is 1.74. The van der Waals surface area contributed by atoms with Gasteiger partial charge in [0.15, 0.2) is 6.04 Å². The van der Waals surface area contributed by atoms with Gasteiger partial charge in [0.25, 0.3) is 6.17 Å². The maximum atomic E-state index is 12.8. The third kappa shape index (κ3) is 40.6. The van der Waals surface area contributed by atoms with E-state index in [0.29, 0.717) is 49.9 Å². The smallest absolute Gasteiger partial charge is 0.332 e. The van der Waals surface area contributed by atoms with Gasteiger partial charge in [0.1, 0.15) is 36.2 Å². The molecule has 0 unspecified atom stereocenters. The van der Waals surface area contributed by atoms with Crippen molar-refractivity contribution in [2.24, 2.45) is 0 Å². The predicted molar refractivity (Wildman–Crippen MR) is 308 cm³/mol. The van der Waals surface area contributed by atoms with Crippen molar-refractivity contribution in [3.8, 4) is 0 Å². The molecule has 30 heteroatoms. The number of nitrogens with zero attached hydrogens (tertiary/aromatic N) is 2. The molecule has 12 N–H and O–H groups in total. The third-order valence-electron chi connectivity index (χ3n) is 13.9. The van der Waals surface area contributed by atoms with Crippen LogP contribution in [0, 0.1) is 4.91 Å². The van der Waals surface area contributed by atoms with E-state index in [9.17, 15) is 78.1 Å². The number of hydrogen-bond acceptors (Lipinski definition) is 17. The highest BCUT2D eigenvalue weighted by Crippen LogP contribution is 2.20. The Morgan fingerprint density at radius 1 is 0.442 bits per heavy atom. The molecule has 0 aromatic rings. The van der Waals surface area contributed by atoms with E-state index in [1.54, 1.807) is 7.05 Å². The zero-order valence-corrected chi connectivity index (χ0v) is 50.1. The normalized spacial score (nSPS) is 14.2. The molecule has 1 heterocycles. The Labute approximate surface area is 502 Å². The van der Waals surface area contributed by atoms with Crippen LogP contribution in [-0.4, -0.2) is 217 Å². The van der Waals surface area contributed by atoms with Crippen LogP contribution in [0.2, 0.25) is 0 Å². The average Bonchev–Trinajstić information content (AvgIpc) is 3.61. The van der Waals surface area contributed by atoms with Gasteiger partial charge in [0.2, 0.25) is 35.4 Å². The maximum absolute atomic E-state index is 12.8. The standard InChI is InChI=1S/C56H97N9O21/c1-57-45(65(82)64-32-18-19-44(64)56(80)81)20-16-17-29-58-46(66)26-23-42(54(76)77)62-49(69)28-25-43(55(78)79)63-51(71)40-86-38-36-84-34-31-60-50(70)39-85-37-35-83-33-30-59-47(67)27-24-41(53(74)75)61-48(68)21-14-12-10-8-6-4-2-3-5-7-9-11-13-15-22-52(72)73/h41-45,57H,2-40H2,1H3,(H10-,58,59,60,61,62,63,66,67,68,69,70,71,72,73,74,75,76,77,78,79,80,81)/p+1/t41-,42-,43-,44-,45+/m0/s1. The largest absolute Gasteiger partial charge is 0.481 e. The van der Waals surface area contributed by atoms with Gasteiger partial charge >= 0.3 is 29.8 Å². The van der Waals surface area contributed by atoms with Crippen LogP contribution in [0.1, 0.15) is 173 Å². The van der Waals surface area contributed by atoms with Crippen LogP contribution in [0.3, 0.4) is 0 Å². The Hall–Kier alpha value is -6.63. The van der Waals surface area contributed by atoms with Gasteiger partial charge in [0.05, 0.1) is 51.1 Å². The lowest BCUT2D eigenvalue weighted by Gasteiger charge is -2.18. The number of unbranched alkanes of at least 4 members (excludes halogenated alkanes) is 14. The topological polar surface area (TPSA) is 433 Å². The molecule has 1 fully saturated rings. The van der Waals surface area contributed by atoms with Crippen molar-refractivity contribution >= 4 is 65.3 Å². The van der Waals surface area contributed by atoms with Crippen molar-refractivity contribution in [1.29, 1.82) is 0 Å². The van der Waals surface area contributed by atoms with Crippen LogP contribution in [0.4, 0.5) is 0 Å². The number of carbonyl (C=O) groups excluding carboxylic acids is 6. The highest BCUT2D eigenvalue weighted by molar-refractivity contribution is 5.87. The SMILES string of the molecule is CN[C@@H](CCCCNC(=O)CC[C@H](NC(=O)CC[C@H](NC(=O)COCCOCCNC(=O)COCCOCCNC(=O)CC[C@H](NC(=O)CCCCCCCCCCCCCCCCC(=O)O)C(=O)O)C(=O)O)C(=O)O)[N+](=O)N1CCC[C@H]1C(=O)O. The Balaban J connectivity index is 2.08. The molecule has 1 rings (SSSR count). The third-order valence-corrected chi connectivity index (χ3v) is 13.9. The van der Waals surface area contributed by atoms with E-state index in [1.807, 2.05) is 0 Å². The molecule has 1 aliphatic rings. The molecule has 1 saturated heterocycles. The number of amides is 6. The molecule has 1 aliphatic heterocycles. The number of nitrogens with one attached hydrogen (secondary N) is 7. The van der Waals surface area contributed by atoms with Gasteiger partial charge in [-0.05, 0) is 64.8 Å². The van der Waals surface area contributed by atoms with Gasteiger partial charge in [-0.1, -0.05) is 77.0 Å². The van der Waals surface area contributed by atoms with E-state index in [1.165, 1.54) is 37.1 Å². The minimum atomic E-state index is -1.51. The molecule has 5 atom stereocenters. The summed E-state index contributed by atoms with van der Waals surface area (Å²) in [6, 6.07) is -5.03. The number of ether oxygens (including phenoxy) is 4. The molecule has 0 saturated carbocycles. The molecular formula is C56H98N9O21+. The van der Waals surface area contributed by atoms with Gasteiger partial charge in [0, 0.05) is 58.2 Å². The first-order chi connectivity index (χ1) is 41.2. The molecule has 0 radical (unpaired) electrons. The summed E-state index contributed by atoms with van der Waals surface area (Å²) in [7, 11) is 1.59. The van der Waals surface area contributed by atoms with Crippen molar-refractivity contribution in [2.75, 3.05) is 86.1 Å². The lowest BCUT2D eigenvalue weighted by atomic mass is 10.0. The summed E-state index contributed by atoms with van der Waals surface area (Å²) in [6.07, 6.45) is 15.3. The molecule has 0 spiro atoms. The molecule has 0 bridgehead atoms. The van der Waals surface area contributed by atoms with Gasteiger partial charge < -0.3 is 76.4 Å². The van der Waals surface area contributed by atoms with Crippen molar-refractivity contribution in [2.45, 2.75) is 204 Å². The van der Waals surface area contributed by atoms with Crippen LogP contribution >= 0.6 is 0 Å². The number of aliphatic carboxylic acids is 5. The van der Waals surface area contributed by atoms with Crippen LogP contribution in [0.25, 0.3) is 0 Å². The number of carbonyl (C=O) groups is 11. The average molecular weight is 1230 g/mol. The summed E-state index contributed by atoms with van der Waals surface area (Å²) < 4.78 is 21.2. The first-order valence-corrected chi connectivity index (χ1v) is 30.3. The van der Waals surface area contributed by atoms with Gasteiger partial charge in [-0.15, -0.1) is 5.01 Å². The van der Waals surface area contributed by atoms with Gasteiger partial charge in [-0.2, -0.15) is 0 Å². The second kappa shape index (κ2) is 49.5. The Morgan fingerprint density at radius 3 is 1.29 bits per heavy atom. The molecule has 6 amide bonds. The second-order valence-electron chi connectivity index (χ2n) is 21.0. The van der Waals surface area contributed by atoms with E-state index in [2.05, 4.69) is 37.2 Å². The first-order valence-electron chi connectivity index (χ1n) is 30.3. The van der Waals surface area contributed by atoms with Gasteiger partial charge in [-0.3, -0.25) is 38.9 Å². The number of carboxylic acid groups (broad SMARTS) is 5. The van der Waals surface area contributed by atoms with Gasteiger partial charge in [-0.25, -0.2) is 19.2 Å². The fraction of sp³-hybridized carbons (Fsp3) is 0.804. The quantitative estimate of drug-likeness (QED) is 0.0234. The monoisotopic (exact) mass is 1230 g/mol. The van der Waals surface area contributed by atoms with Crippen LogP contribution < -0.4 is 37.2 Å². The summed E-state index contributed by atoms with van der Waals surface area (Å²) in [5.41, 5.74) is 0. The highest BCUT2D eigenvalue weighted by atomic mass is 16.5. The van der Waals surface area contributed by atoms with Crippen LogP contribution in [-0.2, 0) is 71.7 Å². The second-order valence-corrected chi connectivity index (χ2v) is 21.0. The molecular weight excluding hydrogens is 1130 g/mol. The van der Waals surface area contributed by atoms with E-state index < -0.39 is 103 Å². The fourth-order valence-electron chi connectivity index (χ4n) is 9.05. The number of carboxylic acids is 5. The molecule has 0 aromatic carbocycles. The molecule has 30 nitrogen and oxygen atoms in total. The molecule has 0 aliphatic carbocycles. The lowest BCUT2D eigenvalue weighted by molar-refractivity contribution is -0.740. The molecule has 0 aromatic heterocycles. The zero-order valence-electron chi connectivity index (χ0n) is 50.1. The summed E-state index contributed by atoms with van der Waals surface area (Å²) in [4.78, 5) is 145. The molecule has 86 heavy (non-hydrogen) atoms. The van der Waals surface area contributed by atoms with Crippen molar-refractivity contribution < 1.29 is 102 Å². The highest BCUT2D eigenvalue weighted by Gasteiger charge is 2.43. The van der Waals surface area contributed by atoms with E-state index in [-0.39, 0.29) is 117 Å². The van der Waals surface area contributed by atoms with Crippen LogP contribution in [0.15, 0.2) is 0 Å². The van der Waals surface area contributed by atoms with E-state index in [4.69, 9.17) is 24.1 Å². The maximum Gasteiger partial charge on any atom is 0.332 e. The van der Waals surface area contributed by atoms with Crippen molar-refractivity contribution in [1.82, 2.24) is 42.2 Å². The Kier molecular flexibility index (Phi) is 44.5. The number of hydrogen-bond donors (Lipinski definition) is 12. The number of hydrazine groups is 1. The van der Waals surface area contributed by atoms with Crippen molar-refractivity contribution in [3.63, 3.8) is 0 Å². The Bertz CT molecular complexity index is 2050. The van der Waals surface area contributed by atoms with E-state index in [0.717, 1.165) is 51.4 Å². The minimum absolute atomic E-state index is 0.0261. The first kappa shape index (κ1) is 77.4. The lowest BCUT2D eigenvalue weighted by Crippen LogP contribution is -2.50. The molecule has 492 valence electrons. The van der Waals surface area contributed by atoms with Crippen LogP contribution in [0.5, 0.6) is 0 Å². The summed E-state index contributed by atoms with van der Waals surface area (Å²) in [5.74, 6) is -9.16. The van der Waals surface area contributed by atoms with Crippen molar-refractivity contribution in [3.05, 3.63) is 4.91 Å². The number of nitroso groups, excluding NO2 is 1. The zero-order chi connectivity index (χ0) is 63.7. The summed E-state index contributed by atoms with van der Waals surface area (Å²) in [6.45, 7) is 0.445. The minimum Gasteiger partial charge on any atom is -0.481 e. The fourth-order valence-corrected chi connectivity index (χ4v) is 9.05. The Morgan fingerprint density at radius 2 is 0.837 bits per heavy atom.